The summed E-state index contributed by atoms with van der Waals surface area (Å²) in [6.45, 7) is 0. The van der Waals surface area contributed by atoms with E-state index in [1.807, 2.05) is 48.5 Å². The number of rotatable bonds is 4. The molecule has 30 heavy (non-hydrogen) atoms. The average Bonchev–Trinajstić information content (AvgIpc) is 3.20. The summed E-state index contributed by atoms with van der Waals surface area (Å²) < 4.78 is 6.89. The summed E-state index contributed by atoms with van der Waals surface area (Å²) in [4.78, 5) is 18.0. The largest absolute Gasteiger partial charge is 0.497 e. The van der Waals surface area contributed by atoms with Gasteiger partial charge in [0.25, 0.3) is 5.56 Å². The van der Waals surface area contributed by atoms with Crippen LogP contribution in [0.3, 0.4) is 0 Å². The molecule has 1 aromatic heterocycles. The number of aliphatic hydroxyl groups excluding tert-OH is 1. The molecule has 152 valence electrons. The molecule has 0 spiro atoms. The highest BCUT2D eigenvalue weighted by Crippen LogP contribution is 2.31. The summed E-state index contributed by atoms with van der Waals surface area (Å²) in [6.07, 6.45) is 4.30. The van der Waals surface area contributed by atoms with E-state index < -0.39 is 6.10 Å². The van der Waals surface area contributed by atoms with Crippen molar-refractivity contribution in [3.8, 4) is 5.75 Å². The molecule has 1 aliphatic carbocycles. The molecular formula is C25H24N2O3. The van der Waals surface area contributed by atoms with Crippen LogP contribution < -0.4 is 10.3 Å². The first kappa shape index (κ1) is 18.8. The van der Waals surface area contributed by atoms with E-state index in [-0.39, 0.29) is 11.6 Å². The number of nitrogens with zero attached hydrogens (tertiary/aromatic N) is 2. The van der Waals surface area contributed by atoms with Crippen LogP contribution in [0.15, 0.2) is 65.7 Å². The van der Waals surface area contributed by atoms with Crippen molar-refractivity contribution in [2.24, 2.45) is 0 Å². The Kier molecular flexibility index (Phi) is 4.75. The second kappa shape index (κ2) is 7.58. The zero-order valence-corrected chi connectivity index (χ0v) is 16.9. The number of hydrogen-bond donors (Lipinski definition) is 1. The lowest BCUT2D eigenvalue weighted by molar-refractivity contribution is 0.134. The van der Waals surface area contributed by atoms with Crippen LogP contribution in [0, 0.1) is 0 Å². The van der Waals surface area contributed by atoms with Gasteiger partial charge in [-0.15, -0.1) is 0 Å². The third kappa shape index (κ3) is 3.15. The Hall–Kier alpha value is -3.18. The number of aliphatic hydroxyl groups is 1. The van der Waals surface area contributed by atoms with Gasteiger partial charge < -0.3 is 9.84 Å². The highest BCUT2D eigenvalue weighted by molar-refractivity contribution is 6.06. The fraction of sp³-hybridized carbons (Fsp3) is 0.280. The van der Waals surface area contributed by atoms with Crippen molar-refractivity contribution >= 4 is 21.7 Å². The highest BCUT2D eigenvalue weighted by Gasteiger charge is 2.28. The molecule has 0 radical (unpaired) electrons. The van der Waals surface area contributed by atoms with Crippen molar-refractivity contribution < 1.29 is 9.84 Å². The topological polar surface area (TPSA) is 64.3 Å². The summed E-state index contributed by atoms with van der Waals surface area (Å²) in [5, 5.41) is 13.0. The summed E-state index contributed by atoms with van der Waals surface area (Å²) in [5.41, 5.74) is 2.88. The van der Waals surface area contributed by atoms with Crippen molar-refractivity contribution in [3.05, 3.63) is 82.4 Å². The van der Waals surface area contributed by atoms with Crippen molar-refractivity contribution in [3.63, 3.8) is 0 Å². The maximum absolute atomic E-state index is 13.4. The Labute approximate surface area is 174 Å². The van der Waals surface area contributed by atoms with Gasteiger partial charge in [0.2, 0.25) is 0 Å². The van der Waals surface area contributed by atoms with E-state index in [9.17, 15) is 9.90 Å². The lowest BCUT2D eigenvalue weighted by Crippen LogP contribution is -2.29. The number of benzene rings is 3. The maximum atomic E-state index is 13.4. The SMILES string of the molecule is COc1ccc(Cc2cc3c(=O)n([C@H]4CCC[C@@H]4O)cnc3c3ccccc23)cc1. The van der Waals surface area contributed by atoms with Crippen LogP contribution in [0.25, 0.3) is 21.7 Å². The van der Waals surface area contributed by atoms with Gasteiger partial charge in [-0.2, -0.15) is 0 Å². The monoisotopic (exact) mass is 400 g/mol. The van der Waals surface area contributed by atoms with Crippen LogP contribution in [0.5, 0.6) is 5.75 Å². The predicted molar refractivity (Wildman–Crippen MR) is 118 cm³/mol. The van der Waals surface area contributed by atoms with Crippen LogP contribution in [-0.2, 0) is 6.42 Å². The first-order chi connectivity index (χ1) is 14.7. The summed E-state index contributed by atoms with van der Waals surface area (Å²) in [7, 11) is 1.66. The molecule has 2 atom stereocenters. The summed E-state index contributed by atoms with van der Waals surface area (Å²) >= 11 is 0. The molecule has 5 nitrogen and oxygen atoms in total. The zero-order chi connectivity index (χ0) is 20.7. The van der Waals surface area contributed by atoms with Crippen molar-refractivity contribution in [1.29, 1.82) is 0 Å². The lowest BCUT2D eigenvalue weighted by atomic mass is 9.96. The van der Waals surface area contributed by atoms with Gasteiger partial charge in [-0.25, -0.2) is 4.98 Å². The van der Waals surface area contributed by atoms with Crippen LogP contribution in [0.2, 0.25) is 0 Å². The molecular weight excluding hydrogens is 376 g/mol. The normalized spacial score (nSPS) is 18.9. The van der Waals surface area contributed by atoms with Gasteiger partial charge in [0.1, 0.15) is 5.75 Å². The average molecular weight is 400 g/mol. The van der Waals surface area contributed by atoms with Crippen LogP contribution in [0.4, 0.5) is 0 Å². The number of ether oxygens (including phenoxy) is 1. The van der Waals surface area contributed by atoms with Gasteiger partial charge in [0.15, 0.2) is 0 Å². The molecule has 0 aliphatic heterocycles. The van der Waals surface area contributed by atoms with E-state index in [1.165, 1.54) is 0 Å². The summed E-state index contributed by atoms with van der Waals surface area (Å²) in [5.74, 6) is 0.823. The van der Waals surface area contributed by atoms with Gasteiger partial charge in [-0.1, -0.05) is 36.4 Å². The molecule has 0 saturated heterocycles. The Morgan fingerprint density at radius 1 is 1.07 bits per heavy atom. The number of hydrogen-bond acceptors (Lipinski definition) is 4. The number of aromatic nitrogens is 2. The van der Waals surface area contributed by atoms with E-state index in [1.54, 1.807) is 18.0 Å². The molecule has 0 amide bonds. The molecule has 1 fully saturated rings. The fourth-order valence-electron chi connectivity index (χ4n) is 4.64. The van der Waals surface area contributed by atoms with E-state index in [0.29, 0.717) is 11.8 Å². The molecule has 0 bridgehead atoms. The lowest BCUT2D eigenvalue weighted by Gasteiger charge is -2.18. The molecule has 1 N–H and O–H groups in total. The van der Waals surface area contributed by atoms with Gasteiger partial charge in [0.05, 0.1) is 36.5 Å². The Bertz CT molecular complexity index is 1280. The van der Waals surface area contributed by atoms with Crippen molar-refractivity contribution in [1.82, 2.24) is 9.55 Å². The highest BCUT2D eigenvalue weighted by atomic mass is 16.5. The predicted octanol–water partition coefficient (Wildman–Crippen LogP) is 4.24. The minimum absolute atomic E-state index is 0.0762. The first-order valence-electron chi connectivity index (χ1n) is 10.4. The molecule has 4 aromatic rings. The molecule has 5 rings (SSSR count). The summed E-state index contributed by atoms with van der Waals surface area (Å²) in [6, 6.07) is 17.9. The second-order valence-electron chi connectivity index (χ2n) is 8.02. The number of methoxy groups -OCH3 is 1. The van der Waals surface area contributed by atoms with Gasteiger partial charge in [0, 0.05) is 5.39 Å². The molecule has 0 unspecified atom stereocenters. The Morgan fingerprint density at radius 2 is 1.83 bits per heavy atom. The Balaban J connectivity index is 1.68. The quantitative estimate of drug-likeness (QED) is 0.521. The molecule has 5 heteroatoms. The Morgan fingerprint density at radius 3 is 2.53 bits per heavy atom. The second-order valence-corrected chi connectivity index (χ2v) is 8.02. The minimum atomic E-state index is -0.485. The van der Waals surface area contributed by atoms with E-state index in [2.05, 4.69) is 11.1 Å². The van der Waals surface area contributed by atoms with E-state index in [4.69, 9.17) is 4.74 Å². The third-order valence-corrected chi connectivity index (χ3v) is 6.23. The maximum Gasteiger partial charge on any atom is 0.261 e. The van der Waals surface area contributed by atoms with Gasteiger partial charge >= 0.3 is 0 Å². The third-order valence-electron chi connectivity index (χ3n) is 6.23. The van der Waals surface area contributed by atoms with E-state index in [0.717, 1.165) is 52.4 Å². The standard InChI is InChI=1S/C25H24N2O3/c1-30-18-11-9-16(10-12-18)13-17-14-21-24(20-6-3-2-5-19(17)20)26-15-27(25(21)29)22-7-4-8-23(22)28/h2-3,5-6,9-12,14-15,22-23,28H,4,7-8,13H2,1H3/t22-,23-/m0/s1. The molecule has 1 aliphatic rings. The molecule has 1 heterocycles. The van der Waals surface area contributed by atoms with Gasteiger partial charge in [-0.3, -0.25) is 9.36 Å². The zero-order valence-electron chi connectivity index (χ0n) is 16.9. The van der Waals surface area contributed by atoms with Crippen LogP contribution >= 0.6 is 0 Å². The fourth-order valence-corrected chi connectivity index (χ4v) is 4.64. The van der Waals surface area contributed by atoms with E-state index >= 15 is 0 Å². The minimum Gasteiger partial charge on any atom is -0.497 e. The smallest absolute Gasteiger partial charge is 0.261 e. The van der Waals surface area contributed by atoms with Crippen molar-refractivity contribution in [2.75, 3.05) is 7.11 Å². The van der Waals surface area contributed by atoms with Crippen LogP contribution in [0.1, 0.15) is 36.4 Å². The van der Waals surface area contributed by atoms with Crippen LogP contribution in [-0.4, -0.2) is 27.9 Å². The molecule has 3 aromatic carbocycles. The first-order valence-corrected chi connectivity index (χ1v) is 10.4. The number of fused-ring (bicyclic) bond motifs is 3. The molecule has 1 saturated carbocycles. The van der Waals surface area contributed by atoms with Crippen molar-refractivity contribution in [2.45, 2.75) is 37.8 Å². The van der Waals surface area contributed by atoms with Gasteiger partial charge in [-0.05, 0) is 60.4 Å².